The minimum absolute atomic E-state index is 0.0391. The molecule has 0 unspecified atom stereocenters. The van der Waals surface area contributed by atoms with Crippen molar-refractivity contribution in [2.45, 2.75) is 44.1 Å². The molecule has 0 radical (unpaired) electrons. The number of amides is 1. The van der Waals surface area contributed by atoms with E-state index in [1.807, 2.05) is 17.2 Å². The van der Waals surface area contributed by atoms with Crippen molar-refractivity contribution >= 4 is 5.91 Å². The molecule has 136 valence electrons. The molecule has 3 aliphatic rings. The summed E-state index contributed by atoms with van der Waals surface area (Å²) in [4.78, 5) is 26.3. The number of rotatable bonds is 3. The van der Waals surface area contributed by atoms with Crippen molar-refractivity contribution in [3.05, 3.63) is 40.8 Å². The van der Waals surface area contributed by atoms with Gasteiger partial charge in [-0.2, -0.15) is 0 Å². The molecule has 7 nitrogen and oxygen atoms in total. The van der Waals surface area contributed by atoms with Gasteiger partial charge in [0.05, 0.1) is 0 Å². The quantitative estimate of drug-likeness (QED) is 0.840. The predicted molar refractivity (Wildman–Crippen MR) is 93.8 cm³/mol. The van der Waals surface area contributed by atoms with E-state index in [1.165, 1.54) is 11.3 Å². The second-order valence-electron chi connectivity index (χ2n) is 7.81. The molecule has 0 aromatic carbocycles. The fraction of sp³-hybridized carbons (Fsp3) is 0.579. The van der Waals surface area contributed by atoms with Crippen LogP contribution in [0.4, 0.5) is 0 Å². The third-order valence-corrected chi connectivity index (χ3v) is 5.71. The Morgan fingerprint density at radius 3 is 2.96 bits per heavy atom. The minimum Gasteiger partial charge on any atom is -0.360 e. The molecule has 26 heavy (non-hydrogen) atoms. The summed E-state index contributed by atoms with van der Waals surface area (Å²) in [7, 11) is 2.12. The molecule has 0 N–H and O–H groups in total. The number of nitrogens with zero attached hydrogens (tertiary/aromatic N) is 5. The van der Waals surface area contributed by atoms with E-state index in [4.69, 9.17) is 9.51 Å². The maximum atomic E-state index is 12.7. The maximum absolute atomic E-state index is 12.7. The lowest BCUT2D eigenvalue weighted by atomic mass is 10.1. The summed E-state index contributed by atoms with van der Waals surface area (Å²) in [6.07, 6.45) is 6.12. The second kappa shape index (κ2) is 6.16. The van der Waals surface area contributed by atoms with E-state index >= 15 is 0 Å². The van der Waals surface area contributed by atoms with Crippen LogP contribution in [0, 0.1) is 0 Å². The third kappa shape index (κ3) is 2.90. The zero-order valence-corrected chi connectivity index (χ0v) is 15.0. The number of fused-ring (bicyclic) bond motifs is 1. The summed E-state index contributed by atoms with van der Waals surface area (Å²) in [6.45, 7) is 3.33. The summed E-state index contributed by atoms with van der Waals surface area (Å²) in [5.74, 6) is 2.37. The van der Waals surface area contributed by atoms with Gasteiger partial charge in [-0.1, -0.05) is 5.16 Å². The number of likely N-dealkylation sites (N-methyl/N-ethyl adjacent to an activating group) is 1. The van der Waals surface area contributed by atoms with Crippen LogP contribution < -0.4 is 0 Å². The van der Waals surface area contributed by atoms with E-state index in [-0.39, 0.29) is 11.8 Å². The van der Waals surface area contributed by atoms with Crippen LogP contribution in [0.2, 0.25) is 0 Å². The first kappa shape index (κ1) is 15.9. The second-order valence-corrected chi connectivity index (χ2v) is 7.81. The summed E-state index contributed by atoms with van der Waals surface area (Å²) < 4.78 is 5.33. The minimum atomic E-state index is -0.0391. The molecule has 0 bridgehead atoms. The summed E-state index contributed by atoms with van der Waals surface area (Å²) in [5.41, 5.74) is 2.83. The van der Waals surface area contributed by atoms with Crippen molar-refractivity contribution in [2.75, 3.05) is 26.7 Å². The average molecular weight is 353 g/mol. The smallest absolute Gasteiger partial charge is 0.276 e. The Kier molecular flexibility index (Phi) is 3.77. The Balaban J connectivity index is 1.28. The Morgan fingerprint density at radius 2 is 2.12 bits per heavy atom. The van der Waals surface area contributed by atoms with Crippen LogP contribution >= 0.6 is 0 Å². The molecule has 0 spiro atoms. The molecule has 2 aromatic heterocycles. The SMILES string of the molecule is CN1CCc2nc([C@@H]3CCN(C(=O)c4cc(C5CC5)on4)C3)ncc2C1. The Labute approximate surface area is 152 Å². The largest absolute Gasteiger partial charge is 0.360 e. The molecule has 1 atom stereocenters. The average Bonchev–Trinajstić information content (AvgIpc) is 3.19. The number of aromatic nitrogens is 3. The number of hydrogen-bond acceptors (Lipinski definition) is 6. The van der Waals surface area contributed by atoms with Crippen molar-refractivity contribution in [3.8, 4) is 0 Å². The highest BCUT2D eigenvalue weighted by molar-refractivity contribution is 5.92. The van der Waals surface area contributed by atoms with Gasteiger partial charge in [0.25, 0.3) is 5.91 Å². The molecule has 1 saturated carbocycles. The first-order valence-electron chi connectivity index (χ1n) is 9.46. The van der Waals surface area contributed by atoms with Crippen LogP contribution in [0.1, 0.15) is 64.4 Å². The highest BCUT2D eigenvalue weighted by atomic mass is 16.5. The third-order valence-electron chi connectivity index (χ3n) is 5.71. The topological polar surface area (TPSA) is 75.4 Å². The van der Waals surface area contributed by atoms with Gasteiger partial charge >= 0.3 is 0 Å². The van der Waals surface area contributed by atoms with Gasteiger partial charge < -0.3 is 14.3 Å². The first-order valence-corrected chi connectivity index (χ1v) is 9.46. The van der Waals surface area contributed by atoms with Crippen molar-refractivity contribution in [1.82, 2.24) is 24.9 Å². The van der Waals surface area contributed by atoms with Crippen LogP contribution in [0.25, 0.3) is 0 Å². The van der Waals surface area contributed by atoms with E-state index in [0.717, 1.165) is 56.9 Å². The molecule has 2 aromatic rings. The summed E-state index contributed by atoms with van der Waals surface area (Å²) >= 11 is 0. The fourth-order valence-corrected chi connectivity index (χ4v) is 3.94. The fourth-order valence-electron chi connectivity index (χ4n) is 3.94. The molecule has 7 heteroatoms. The monoisotopic (exact) mass is 353 g/mol. The lowest BCUT2D eigenvalue weighted by molar-refractivity contribution is 0.0780. The van der Waals surface area contributed by atoms with Gasteiger partial charge in [0.15, 0.2) is 5.69 Å². The molecular formula is C19H23N5O2. The Bertz CT molecular complexity index is 844. The Hall–Kier alpha value is -2.28. The van der Waals surface area contributed by atoms with Gasteiger partial charge in [-0.05, 0) is 26.3 Å². The number of hydrogen-bond donors (Lipinski definition) is 0. The lowest BCUT2D eigenvalue weighted by Gasteiger charge is -2.24. The number of carbonyl (C=O) groups is 1. The van der Waals surface area contributed by atoms with Crippen LogP contribution in [-0.4, -0.2) is 57.5 Å². The first-order chi connectivity index (χ1) is 12.7. The van der Waals surface area contributed by atoms with E-state index in [0.29, 0.717) is 18.2 Å². The highest BCUT2D eigenvalue weighted by Gasteiger charge is 2.33. The maximum Gasteiger partial charge on any atom is 0.276 e. The van der Waals surface area contributed by atoms with Gasteiger partial charge in [-0.25, -0.2) is 9.97 Å². The van der Waals surface area contributed by atoms with E-state index in [2.05, 4.69) is 22.1 Å². The zero-order valence-electron chi connectivity index (χ0n) is 15.0. The molecule has 1 saturated heterocycles. The van der Waals surface area contributed by atoms with E-state index in [9.17, 15) is 4.79 Å². The van der Waals surface area contributed by atoms with Gasteiger partial charge in [0, 0.05) is 68.0 Å². The molecule has 1 aliphatic carbocycles. The zero-order chi connectivity index (χ0) is 17.7. The molecule has 2 fully saturated rings. The molecule has 2 aliphatic heterocycles. The van der Waals surface area contributed by atoms with Gasteiger partial charge in [0.2, 0.25) is 0 Å². The van der Waals surface area contributed by atoms with Gasteiger partial charge in [-0.3, -0.25) is 4.79 Å². The summed E-state index contributed by atoms with van der Waals surface area (Å²) in [5, 5.41) is 3.98. The molecular weight excluding hydrogens is 330 g/mol. The molecule has 4 heterocycles. The number of likely N-dealkylation sites (tertiary alicyclic amines) is 1. The van der Waals surface area contributed by atoms with Crippen LogP contribution in [0.5, 0.6) is 0 Å². The van der Waals surface area contributed by atoms with Gasteiger partial charge in [0.1, 0.15) is 11.6 Å². The van der Waals surface area contributed by atoms with Gasteiger partial charge in [-0.15, -0.1) is 0 Å². The van der Waals surface area contributed by atoms with Crippen molar-refractivity contribution < 1.29 is 9.32 Å². The Morgan fingerprint density at radius 1 is 1.23 bits per heavy atom. The highest BCUT2D eigenvalue weighted by Crippen LogP contribution is 2.40. The normalized spacial score (nSPS) is 23.3. The standard InChI is InChI=1S/C19H23N5O2/c1-23-6-5-15-14(10-23)9-20-18(21-15)13-4-7-24(11-13)19(25)16-8-17(26-22-16)12-2-3-12/h8-9,12-13H,2-7,10-11H2,1H3/t13-/m1/s1. The predicted octanol–water partition coefficient (Wildman–Crippen LogP) is 1.96. The number of carbonyl (C=O) groups excluding carboxylic acids is 1. The molecule has 1 amide bonds. The molecule has 5 rings (SSSR count). The van der Waals surface area contributed by atoms with Crippen molar-refractivity contribution in [1.29, 1.82) is 0 Å². The van der Waals surface area contributed by atoms with Crippen LogP contribution in [0.3, 0.4) is 0 Å². The van der Waals surface area contributed by atoms with Crippen molar-refractivity contribution in [2.24, 2.45) is 0 Å². The van der Waals surface area contributed by atoms with E-state index in [1.54, 1.807) is 0 Å². The van der Waals surface area contributed by atoms with Crippen LogP contribution in [-0.2, 0) is 13.0 Å². The lowest BCUT2D eigenvalue weighted by Crippen LogP contribution is -2.29. The van der Waals surface area contributed by atoms with E-state index < -0.39 is 0 Å². The van der Waals surface area contributed by atoms with Crippen LogP contribution in [0.15, 0.2) is 16.8 Å². The van der Waals surface area contributed by atoms with Crippen molar-refractivity contribution in [3.63, 3.8) is 0 Å². The summed E-state index contributed by atoms with van der Waals surface area (Å²) in [6, 6.07) is 1.82.